The number of amides is 2. The number of ether oxygens (including phenoxy) is 2. The van der Waals surface area contributed by atoms with Gasteiger partial charge in [0, 0.05) is 30.3 Å². The van der Waals surface area contributed by atoms with E-state index in [2.05, 4.69) is 5.32 Å². The van der Waals surface area contributed by atoms with E-state index >= 15 is 0 Å². The lowest BCUT2D eigenvalue weighted by Gasteiger charge is -2.31. The first-order valence-electron chi connectivity index (χ1n) is 9.25. The molecule has 1 N–H and O–H groups in total. The van der Waals surface area contributed by atoms with Crippen LogP contribution in [0.15, 0.2) is 48.5 Å². The minimum Gasteiger partial charge on any atom is -0.486 e. The average Bonchev–Trinajstić information content (AvgIpc) is 2.73. The lowest BCUT2D eigenvalue weighted by atomic mass is 9.95. The topological polar surface area (TPSA) is 67.9 Å². The van der Waals surface area contributed by atoms with Crippen molar-refractivity contribution in [2.24, 2.45) is 5.92 Å². The van der Waals surface area contributed by atoms with Gasteiger partial charge >= 0.3 is 0 Å². The lowest BCUT2D eigenvalue weighted by Crippen LogP contribution is -2.41. The Bertz CT molecular complexity index is 829. The van der Waals surface area contributed by atoms with Gasteiger partial charge in [0.15, 0.2) is 11.5 Å². The minimum absolute atomic E-state index is 0.0210. The molecular weight excluding hydrogens is 344 g/mol. The Morgan fingerprint density at radius 2 is 1.63 bits per heavy atom. The van der Waals surface area contributed by atoms with Crippen LogP contribution in [0.1, 0.15) is 23.2 Å². The number of benzene rings is 2. The SMILES string of the molecule is O=C(Nc1ccccc1)C1CCN(C(=O)c2ccc3c(c2)OCCO3)CC1. The lowest BCUT2D eigenvalue weighted by molar-refractivity contribution is -0.121. The number of hydrogen-bond acceptors (Lipinski definition) is 4. The van der Waals surface area contributed by atoms with Gasteiger partial charge in [0.25, 0.3) is 5.91 Å². The van der Waals surface area contributed by atoms with E-state index in [1.54, 1.807) is 23.1 Å². The first kappa shape index (κ1) is 17.4. The van der Waals surface area contributed by atoms with E-state index in [0.29, 0.717) is 56.2 Å². The van der Waals surface area contributed by atoms with E-state index in [1.807, 2.05) is 30.3 Å². The molecule has 27 heavy (non-hydrogen) atoms. The van der Waals surface area contributed by atoms with Crippen LogP contribution in [0.5, 0.6) is 11.5 Å². The molecule has 1 fully saturated rings. The third-order valence-corrected chi connectivity index (χ3v) is 4.98. The molecule has 0 atom stereocenters. The fourth-order valence-electron chi connectivity index (χ4n) is 3.47. The highest BCUT2D eigenvalue weighted by Gasteiger charge is 2.28. The van der Waals surface area contributed by atoms with Gasteiger partial charge < -0.3 is 19.7 Å². The predicted molar refractivity (Wildman–Crippen MR) is 101 cm³/mol. The molecular formula is C21H22N2O4. The van der Waals surface area contributed by atoms with E-state index in [-0.39, 0.29) is 17.7 Å². The van der Waals surface area contributed by atoms with Gasteiger partial charge in [-0.1, -0.05) is 18.2 Å². The summed E-state index contributed by atoms with van der Waals surface area (Å²) < 4.78 is 11.1. The molecule has 0 aromatic heterocycles. The van der Waals surface area contributed by atoms with Crippen molar-refractivity contribution < 1.29 is 19.1 Å². The van der Waals surface area contributed by atoms with Crippen LogP contribution in [-0.2, 0) is 4.79 Å². The number of nitrogens with zero attached hydrogens (tertiary/aromatic N) is 1. The number of carbonyl (C=O) groups is 2. The number of nitrogens with one attached hydrogen (secondary N) is 1. The van der Waals surface area contributed by atoms with Crippen LogP contribution in [0.25, 0.3) is 0 Å². The molecule has 0 bridgehead atoms. The van der Waals surface area contributed by atoms with Gasteiger partial charge in [0.2, 0.25) is 5.91 Å². The van der Waals surface area contributed by atoms with Gasteiger partial charge in [-0.25, -0.2) is 0 Å². The third kappa shape index (κ3) is 3.89. The highest BCUT2D eigenvalue weighted by atomic mass is 16.6. The predicted octanol–water partition coefficient (Wildman–Crippen LogP) is 2.95. The van der Waals surface area contributed by atoms with Crippen LogP contribution in [0.3, 0.4) is 0 Å². The Morgan fingerprint density at radius 3 is 2.37 bits per heavy atom. The number of piperidine rings is 1. The third-order valence-electron chi connectivity index (χ3n) is 4.98. The normalized spacial score (nSPS) is 16.7. The molecule has 6 heteroatoms. The molecule has 0 radical (unpaired) electrons. The van der Waals surface area contributed by atoms with Gasteiger partial charge in [-0.2, -0.15) is 0 Å². The van der Waals surface area contributed by atoms with Crippen molar-refractivity contribution in [2.45, 2.75) is 12.8 Å². The maximum absolute atomic E-state index is 12.8. The van der Waals surface area contributed by atoms with Crippen molar-refractivity contribution in [2.75, 3.05) is 31.6 Å². The molecule has 2 aromatic rings. The Hall–Kier alpha value is -3.02. The van der Waals surface area contributed by atoms with Crippen LogP contribution in [0.2, 0.25) is 0 Å². The monoisotopic (exact) mass is 366 g/mol. The van der Waals surface area contributed by atoms with E-state index in [0.717, 1.165) is 5.69 Å². The van der Waals surface area contributed by atoms with E-state index in [4.69, 9.17) is 9.47 Å². The standard InChI is InChI=1S/C21H22N2O4/c24-20(22-17-4-2-1-3-5-17)15-8-10-23(11-9-15)21(25)16-6-7-18-19(14-16)27-13-12-26-18/h1-7,14-15H,8-13H2,(H,22,24). The number of para-hydroxylation sites is 1. The van der Waals surface area contributed by atoms with E-state index < -0.39 is 0 Å². The second kappa shape index (κ2) is 7.70. The molecule has 2 amide bonds. The van der Waals surface area contributed by atoms with Gasteiger partial charge in [-0.3, -0.25) is 9.59 Å². The summed E-state index contributed by atoms with van der Waals surface area (Å²) in [6, 6.07) is 14.7. The first-order chi connectivity index (χ1) is 13.2. The Labute approximate surface area is 158 Å². The van der Waals surface area contributed by atoms with Crippen molar-refractivity contribution in [3.8, 4) is 11.5 Å². The van der Waals surface area contributed by atoms with E-state index in [1.165, 1.54) is 0 Å². The second-order valence-electron chi connectivity index (χ2n) is 6.78. The van der Waals surface area contributed by atoms with Crippen LogP contribution < -0.4 is 14.8 Å². The molecule has 6 nitrogen and oxygen atoms in total. The number of rotatable bonds is 3. The quantitative estimate of drug-likeness (QED) is 0.907. The number of hydrogen-bond donors (Lipinski definition) is 1. The van der Waals surface area contributed by atoms with Crippen molar-refractivity contribution in [1.82, 2.24) is 4.90 Å². The highest BCUT2D eigenvalue weighted by Crippen LogP contribution is 2.31. The number of likely N-dealkylation sites (tertiary alicyclic amines) is 1. The van der Waals surface area contributed by atoms with Crippen LogP contribution in [-0.4, -0.2) is 43.0 Å². The molecule has 2 aliphatic rings. The largest absolute Gasteiger partial charge is 0.486 e. The minimum atomic E-state index is -0.0745. The van der Waals surface area contributed by atoms with Crippen LogP contribution in [0.4, 0.5) is 5.69 Å². The van der Waals surface area contributed by atoms with E-state index in [9.17, 15) is 9.59 Å². The van der Waals surface area contributed by atoms with Crippen molar-refractivity contribution >= 4 is 17.5 Å². The molecule has 0 aliphatic carbocycles. The number of carbonyl (C=O) groups excluding carboxylic acids is 2. The van der Waals surface area contributed by atoms with Gasteiger partial charge in [0.05, 0.1) is 0 Å². The summed E-state index contributed by atoms with van der Waals surface area (Å²) in [6.07, 6.45) is 1.32. The van der Waals surface area contributed by atoms with Gasteiger partial charge in [0.1, 0.15) is 13.2 Å². The summed E-state index contributed by atoms with van der Waals surface area (Å²) >= 11 is 0. The smallest absolute Gasteiger partial charge is 0.253 e. The van der Waals surface area contributed by atoms with Crippen molar-refractivity contribution in [3.05, 3.63) is 54.1 Å². The fraction of sp³-hybridized carbons (Fsp3) is 0.333. The Morgan fingerprint density at radius 1 is 0.926 bits per heavy atom. The summed E-state index contributed by atoms with van der Waals surface area (Å²) in [6.45, 7) is 2.16. The molecule has 2 heterocycles. The Kier molecular flexibility index (Phi) is 4.96. The summed E-state index contributed by atoms with van der Waals surface area (Å²) in [4.78, 5) is 27.0. The maximum Gasteiger partial charge on any atom is 0.253 e. The molecule has 0 unspecified atom stereocenters. The zero-order valence-corrected chi connectivity index (χ0v) is 15.0. The summed E-state index contributed by atoms with van der Waals surface area (Å²) in [7, 11) is 0. The molecule has 4 rings (SSSR count). The number of fused-ring (bicyclic) bond motifs is 1. The molecule has 2 aliphatic heterocycles. The molecule has 0 spiro atoms. The fourth-order valence-corrected chi connectivity index (χ4v) is 3.47. The van der Waals surface area contributed by atoms with Crippen LogP contribution in [0, 0.1) is 5.92 Å². The van der Waals surface area contributed by atoms with Crippen molar-refractivity contribution in [3.63, 3.8) is 0 Å². The number of anilines is 1. The molecule has 140 valence electrons. The highest BCUT2D eigenvalue weighted by molar-refractivity contribution is 5.96. The van der Waals surface area contributed by atoms with Crippen LogP contribution >= 0.6 is 0 Å². The molecule has 1 saturated heterocycles. The van der Waals surface area contributed by atoms with Crippen molar-refractivity contribution in [1.29, 1.82) is 0 Å². The Balaban J connectivity index is 1.35. The second-order valence-corrected chi connectivity index (χ2v) is 6.78. The zero-order chi connectivity index (χ0) is 18.6. The molecule has 0 saturated carbocycles. The summed E-state index contributed by atoms with van der Waals surface area (Å²) in [5, 5.41) is 2.95. The maximum atomic E-state index is 12.8. The van der Waals surface area contributed by atoms with Gasteiger partial charge in [-0.15, -0.1) is 0 Å². The summed E-state index contributed by atoms with van der Waals surface area (Å²) in [5.41, 5.74) is 1.39. The van der Waals surface area contributed by atoms with Gasteiger partial charge in [-0.05, 0) is 43.2 Å². The zero-order valence-electron chi connectivity index (χ0n) is 15.0. The summed E-state index contributed by atoms with van der Waals surface area (Å²) in [5.74, 6) is 1.20. The average molecular weight is 366 g/mol. The molecule has 2 aromatic carbocycles. The first-order valence-corrected chi connectivity index (χ1v) is 9.25.